The first-order chi connectivity index (χ1) is 12.5. The zero-order chi connectivity index (χ0) is 18.7. The highest BCUT2D eigenvalue weighted by molar-refractivity contribution is 6.02. The Labute approximate surface area is 151 Å². The first-order valence-electron chi connectivity index (χ1n) is 8.29. The molecule has 1 fully saturated rings. The van der Waals surface area contributed by atoms with Crippen molar-refractivity contribution in [1.82, 2.24) is 15.2 Å². The number of benzene rings is 1. The summed E-state index contributed by atoms with van der Waals surface area (Å²) in [6, 6.07) is 13.3. The lowest BCUT2D eigenvalue weighted by Crippen LogP contribution is -2.65. The lowest BCUT2D eigenvalue weighted by molar-refractivity contribution is -0.146. The maximum atomic E-state index is 12.5. The molecule has 7 heteroatoms. The van der Waals surface area contributed by atoms with Crippen molar-refractivity contribution in [2.24, 2.45) is 5.92 Å². The Bertz CT molecular complexity index is 862. The van der Waals surface area contributed by atoms with E-state index in [9.17, 15) is 14.9 Å². The number of nitrogens with one attached hydrogen (secondary N) is 1. The normalized spacial score (nSPS) is 20.0. The van der Waals surface area contributed by atoms with Gasteiger partial charge >= 0.3 is 6.03 Å². The Kier molecular flexibility index (Phi) is 4.85. The van der Waals surface area contributed by atoms with Crippen LogP contribution in [-0.2, 0) is 11.2 Å². The summed E-state index contributed by atoms with van der Waals surface area (Å²) in [6.07, 6.45) is 1.91. The minimum absolute atomic E-state index is 0.269. The van der Waals surface area contributed by atoms with E-state index in [1.807, 2.05) is 37.3 Å². The molecule has 7 nitrogen and oxygen atoms in total. The molecule has 1 aromatic carbocycles. The van der Waals surface area contributed by atoms with Crippen LogP contribution in [0.3, 0.4) is 0 Å². The fourth-order valence-electron chi connectivity index (χ4n) is 3.08. The number of amides is 3. The van der Waals surface area contributed by atoms with Gasteiger partial charge in [-0.05, 0) is 36.6 Å². The molecule has 0 bridgehead atoms. The topological polar surface area (TPSA) is 112 Å². The molecular formula is C19H19N5O2. The van der Waals surface area contributed by atoms with Crippen LogP contribution in [0.1, 0.15) is 24.1 Å². The standard InChI is InChI=1S/C19H19N5O2/c1-12(14-5-3-2-4-6-14)23-19(26)24-16(11-20)15(18(24)25)9-13-7-8-22-17(21)10-13/h2-8,10,12,15-16H,9H2,1H3,(H2,21,22)(H,23,26)/t12-,15-,16?/m1/s1. The predicted octanol–water partition coefficient (Wildman–Crippen LogP) is 2.03. The number of aromatic nitrogens is 1. The van der Waals surface area contributed by atoms with E-state index in [1.54, 1.807) is 18.3 Å². The zero-order valence-electron chi connectivity index (χ0n) is 14.3. The van der Waals surface area contributed by atoms with Gasteiger partial charge in [0, 0.05) is 6.20 Å². The quantitative estimate of drug-likeness (QED) is 0.820. The molecule has 3 rings (SSSR count). The van der Waals surface area contributed by atoms with E-state index in [0.29, 0.717) is 12.2 Å². The van der Waals surface area contributed by atoms with Crippen molar-refractivity contribution < 1.29 is 9.59 Å². The number of urea groups is 1. The van der Waals surface area contributed by atoms with Gasteiger partial charge in [0.25, 0.3) is 0 Å². The van der Waals surface area contributed by atoms with Crippen LogP contribution in [0.5, 0.6) is 0 Å². The molecule has 26 heavy (non-hydrogen) atoms. The Morgan fingerprint density at radius 3 is 2.77 bits per heavy atom. The summed E-state index contributed by atoms with van der Waals surface area (Å²) >= 11 is 0. The number of rotatable bonds is 4. The summed E-state index contributed by atoms with van der Waals surface area (Å²) in [6.45, 7) is 1.83. The van der Waals surface area contributed by atoms with E-state index in [4.69, 9.17) is 5.73 Å². The van der Waals surface area contributed by atoms with Crippen LogP contribution in [0.15, 0.2) is 48.7 Å². The van der Waals surface area contributed by atoms with Crippen molar-refractivity contribution in [2.75, 3.05) is 5.73 Å². The van der Waals surface area contributed by atoms with Crippen LogP contribution in [-0.4, -0.2) is 27.9 Å². The summed E-state index contributed by atoms with van der Waals surface area (Å²) in [5.74, 6) is -0.557. The molecule has 0 saturated carbocycles. The SMILES string of the molecule is C[C@@H](NC(=O)N1C(=O)[C@H](Cc2ccnc(N)c2)C1C#N)c1ccccc1. The second-order valence-corrected chi connectivity index (χ2v) is 6.26. The smallest absolute Gasteiger partial charge is 0.325 e. The van der Waals surface area contributed by atoms with E-state index in [1.165, 1.54) is 0 Å². The van der Waals surface area contributed by atoms with Gasteiger partial charge in [-0.25, -0.2) is 14.7 Å². The highest BCUT2D eigenvalue weighted by Gasteiger charge is 2.51. The summed E-state index contributed by atoms with van der Waals surface area (Å²) in [4.78, 5) is 29.8. The number of carbonyl (C=O) groups is 2. The number of nitriles is 1. The van der Waals surface area contributed by atoms with Crippen LogP contribution in [0, 0.1) is 17.2 Å². The van der Waals surface area contributed by atoms with Gasteiger partial charge in [-0.1, -0.05) is 30.3 Å². The largest absolute Gasteiger partial charge is 0.384 e. The molecule has 1 aromatic heterocycles. The van der Waals surface area contributed by atoms with Gasteiger partial charge in [0.15, 0.2) is 0 Å². The minimum atomic E-state index is -0.792. The third kappa shape index (κ3) is 3.35. The molecule has 3 atom stereocenters. The minimum Gasteiger partial charge on any atom is -0.384 e. The molecule has 0 aliphatic carbocycles. The highest BCUT2D eigenvalue weighted by Crippen LogP contribution is 2.30. The summed E-state index contributed by atoms with van der Waals surface area (Å²) in [7, 11) is 0. The van der Waals surface area contributed by atoms with Gasteiger partial charge in [-0.2, -0.15) is 5.26 Å². The van der Waals surface area contributed by atoms with Crippen molar-refractivity contribution in [2.45, 2.75) is 25.4 Å². The summed E-state index contributed by atoms with van der Waals surface area (Å²) in [5.41, 5.74) is 7.38. The number of carbonyl (C=O) groups excluding carboxylic acids is 2. The van der Waals surface area contributed by atoms with Crippen LogP contribution < -0.4 is 11.1 Å². The molecule has 1 aliphatic rings. The molecule has 2 aromatic rings. The van der Waals surface area contributed by atoms with E-state index in [-0.39, 0.29) is 11.9 Å². The van der Waals surface area contributed by atoms with Crippen molar-refractivity contribution in [3.8, 4) is 6.07 Å². The molecule has 1 saturated heterocycles. The monoisotopic (exact) mass is 349 g/mol. The van der Waals surface area contributed by atoms with Gasteiger partial charge in [-0.15, -0.1) is 0 Å². The van der Waals surface area contributed by atoms with Crippen LogP contribution in [0.2, 0.25) is 0 Å². The second kappa shape index (κ2) is 7.23. The van der Waals surface area contributed by atoms with Gasteiger partial charge < -0.3 is 11.1 Å². The maximum absolute atomic E-state index is 12.5. The van der Waals surface area contributed by atoms with Gasteiger partial charge in [0.1, 0.15) is 11.9 Å². The third-order valence-corrected chi connectivity index (χ3v) is 4.51. The Hall–Kier alpha value is -3.40. The van der Waals surface area contributed by atoms with Gasteiger partial charge in [0.05, 0.1) is 18.0 Å². The average Bonchev–Trinajstić information content (AvgIpc) is 2.64. The lowest BCUT2D eigenvalue weighted by atomic mass is 9.83. The molecule has 1 unspecified atom stereocenters. The molecule has 132 valence electrons. The average molecular weight is 349 g/mol. The fraction of sp³-hybridized carbons (Fsp3) is 0.263. The number of likely N-dealkylation sites (tertiary alicyclic amines) is 1. The van der Waals surface area contributed by atoms with Gasteiger partial charge in [0.2, 0.25) is 5.91 Å². The number of pyridine rings is 1. The third-order valence-electron chi connectivity index (χ3n) is 4.51. The maximum Gasteiger partial charge on any atom is 0.325 e. The van der Waals surface area contributed by atoms with E-state index in [2.05, 4.69) is 16.4 Å². The van der Waals surface area contributed by atoms with Crippen LogP contribution in [0.25, 0.3) is 0 Å². The number of hydrogen-bond acceptors (Lipinski definition) is 5. The van der Waals surface area contributed by atoms with Crippen LogP contribution >= 0.6 is 0 Å². The van der Waals surface area contributed by atoms with Crippen molar-refractivity contribution in [3.63, 3.8) is 0 Å². The zero-order valence-corrected chi connectivity index (χ0v) is 14.3. The number of hydrogen-bond donors (Lipinski definition) is 2. The Morgan fingerprint density at radius 1 is 1.38 bits per heavy atom. The summed E-state index contributed by atoms with van der Waals surface area (Å²) in [5, 5.41) is 12.2. The first-order valence-corrected chi connectivity index (χ1v) is 8.29. The summed E-state index contributed by atoms with van der Waals surface area (Å²) < 4.78 is 0. The Balaban J connectivity index is 1.66. The number of anilines is 1. The molecule has 1 aliphatic heterocycles. The van der Waals surface area contributed by atoms with E-state index >= 15 is 0 Å². The van der Waals surface area contributed by atoms with E-state index in [0.717, 1.165) is 16.0 Å². The molecule has 0 radical (unpaired) electrons. The first kappa shape index (κ1) is 17.4. The highest BCUT2D eigenvalue weighted by atomic mass is 16.2. The number of nitrogens with zero attached hydrogens (tertiary/aromatic N) is 3. The lowest BCUT2D eigenvalue weighted by Gasteiger charge is -2.42. The number of nitrogens with two attached hydrogens (primary N) is 1. The van der Waals surface area contributed by atoms with Crippen LogP contribution in [0.4, 0.5) is 10.6 Å². The molecule has 2 heterocycles. The number of nitrogen functional groups attached to an aromatic ring is 1. The second-order valence-electron chi connectivity index (χ2n) is 6.26. The van der Waals surface area contributed by atoms with E-state index < -0.39 is 18.0 Å². The van der Waals surface area contributed by atoms with Gasteiger partial charge in [-0.3, -0.25) is 4.79 Å². The number of β-lactam (4-membered cyclic amide) rings is 1. The van der Waals surface area contributed by atoms with Crippen molar-refractivity contribution in [3.05, 3.63) is 59.8 Å². The van der Waals surface area contributed by atoms with Crippen molar-refractivity contribution >= 4 is 17.8 Å². The molecule has 3 N–H and O–H groups in total. The molecule has 3 amide bonds. The fourth-order valence-corrected chi connectivity index (χ4v) is 3.08. The molecule has 0 spiro atoms. The van der Waals surface area contributed by atoms with Crippen molar-refractivity contribution in [1.29, 1.82) is 5.26 Å². The Morgan fingerprint density at radius 2 is 2.12 bits per heavy atom. The number of imide groups is 1. The predicted molar refractivity (Wildman–Crippen MR) is 95.5 cm³/mol. The molecular weight excluding hydrogens is 330 g/mol.